The van der Waals surface area contributed by atoms with Crippen LogP contribution in [0.3, 0.4) is 0 Å². The van der Waals surface area contributed by atoms with Crippen LogP contribution in [0.1, 0.15) is 48.9 Å². The number of piperidine rings is 1. The number of anilines is 1. The highest BCUT2D eigenvalue weighted by molar-refractivity contribution is 5.94. The molecule has 0 unspecified atom stereocenters. The van der Waals surface area contributed by atoms with Gasteiger partial charge in [0.25, 0.3) is 5.91 Å². The third kappa shape index (κ3) is 5.17. The molecule has 3 heterocycles. The van der Waals surface area contributed by atoms with Gasteiger partial charge in [-0.25, -0.2) is 0 Å². The summed E-state index contributed by atoms with van der Waals surface area (Å²) in [6, 6.07) is 19.1. The molecule has 0 radical (unpaired) electrons. The number of likely N-dealkylation sites (tertiary alicyclic amines) is 1. The summed E-state index contributed by atoms with van der Waals surface area (Å²) in [4.78, 5) is 17.4. The molecule has 2 aliphatic heterocycles. The molecule has 2 saturated heterocycles. The molecule has 6 nitrogen and oxygen atoms in total. The van der Waals surface area contributed by atoms with Gasteiger partial charge in [0.05, 0.1) is 11.4 Å². The largest absolute Gasteiger partial charge is 0.372 e. The Hall–Kier alpha value is -3.12. The molecule has 3 aromatic rings. The number of H-pyrrole nitrogens is 1. The Morgan fingerprint density at radius 2 is 1.71 bits per heavy atom. The minimum absolute atomic E-state index is 0.00806. The Morgan fingerprint density at radius 3 is 2.41 bits per heavy atom. The number of aromatic amines is 1. The fraction of sp³-hybridized carbons (Fsp3) is 0.429. The highest BCUT2D eigenvalue weighted by atomic mass is 16.1. The number of hydrogen-bond donors (Lipinski definition) is 2. The van der Waals surface area contributed by atoms with Crippen molar-refractivity contribution in [2.75, 3.05) is 38.1 Å². The minimum Gasteiger partial charge on any atom is -0.372 e. The second-order valence-corrected chi connectivity index (χ2v) is 9.66. The molecular weight excluding hydrogens is 422 g/mol. The lowest BCUT2D eigenvalue weighted by Crippen LogP contribution is -2.31. The van der Waals surface area contributed by atoms with Gasteiger partial charge in [0.2, 0.25) is 0 Å². The predicted molar refractivity (Wildman–Crippen MR) is 138 cm³/mol. The fourth-order valence-electron chi connectivity index (χ4n) is 5.21. The molecule has 1 atom stereocenters. The maximum Gasteiger partial charge on any atom is 0.251 e. The van der Waals surface area contributed by atoms with Crippen molar-refractivity contribution in [2.24, 2.45) is 0 Å². The first-order valence-electron chi connectivity index (χ1n) is 12.7. The highest BCUT2D eigenvalue weighted by Gasteiger charge is 2.20. The van der Waals surface area contributed by atoms with Crippen LogP contribution < -0.4 is 10.2 Å². The van der Waals surface area contributed by atoms with Gasteiger partial charge in [-0.1, -0.05) is 24.3 Å². The highest BCUT2D eigenvalue weighted by Crippen LogP contribution is 2.27. The first-order chi connectivity index (χ1) is 16.7. The van der Waals surface area contributed by atoms with Crippen molar-refractivity contribution in [3.05, 3.63) is 60.2 Å². The number of nitrogens with one attached hydrogen (secondary N) is 2. The first kappa shape index (κ1) is 22.7. The summed E-state index contributed by atoms with van der Waals surface area (Å²) >= 11 is 0. The lowest BCUT2D eigenvalue weighted by molar-refractivity contribution is 0.0950. The summed E-state index contributed by atoms with van der Waals surface area (Å²) in [7, 11) is 2.17. The van der Waals surface area contributed by atoms with Crippen LogP contribution in [0.25, 0.3) is 22.5 Å². The van der Waals surface area contributed by atoms with Gasteiger partial charge >= 0.3 is 0 Å². The summed E-state index contributed by atoms with van der Waals surface area (Å²) < 4.78 is 0. The monoisotopic (exact) mass is 457 g/mol. The third-order valence-corrected chi connectivity index (χ3v) is 7.35. The Bertz CT molecular complexity index is 1080. The van der Waals surface area contributed by atoms with Crippen LogP contribution in [-0.4, -0.2) is 60.3 Å². The summed E-state index contributed by atoms with van der Waals surface area (Å²) in [6.45, 7) is 4.19. The van der Waals surface area contributed by atoms with Crippen LogP contribution in [0.4, 0.5) is 5.69 Å². The van der Waals surface area contributed by atoms with Crippen LogP contribution in [0.15, 0.2) is 54.6 Å². The summed E-state index contributed by atoms with van der Waals surface area (Å²) in [5, 5.41) is 10.7. The van der Waals surface area contributed by atoms with Gasteiger partial charge < -0.3 is 15.1 Å². The number of benzene rings is 2. The average molecular weight is 458 g/mol. The molecule has 34 heavy (non-hydrogen) atoms. The van der Waals surface area contributed by atoms with E-state index in [2.05, 4.69) is 62.7 Å². The molecule has 2 N–H and O–H groups in total. The maximum atomic E-state index is 12.5. The molecule has 1 aromatic heterocycles. The van der Waals surface area contributed by atoms with Crippen LogP contribution in [0.5, 0.6) is 0 Å². The zero-order valence-corrected chi connectivity index (χ0v) is 20.1. The van der Waals surface area contributed by atoms with E-state index in [4.69, 9.17) is 0 Å². The van der Waals surface area contributed by atoms with Gasteiger partial charge in [0.15, 0.2) is 0 Å². The van der Waals surface area contributed by atoms with E-state index in [-0.39, 0.29) is 5.91 Å². The topological polar surface area (TPSA) is 64.3 Å². The standard InChI is InChI=1S/C28H35N5O/c1-32-17-5-6-24(32)15-16-29-28(34)23-9-7-21(8-10-23)26-20-27(31-30-26)22-11-13-25(14-12-22)33-18-3-2-4-19-33/h7-14,20,24H,2-6,15-19H2,1H3,(H,29,34)(H,30,31)/t24-/m0/s1. The molecule has 2 aliphatic rings. The second kappa shape index (κ2) is 10.4. The van der Waals surface area contributed by atoms with Gasteiger partial charge in [-0.2, -0.15) is 5.10 Å². The zero-order valence-electron chi connectivity index (χ0n) is 20.1. The maximum absolute atomic E-state index is 12.5. The fourth-order valence-corrected chi connectivity index (χ4v) is 5.21. The second-order valence-electron chi connectivity index (χ2n) is 9.66. The molecule has 2 fully saturated rings. The van der Waals surface area contributed by atoms with E-state index < -0.39 is 0 Å². The van der Waals surface area contributed by atoms with Gasteiger partial charge in [0, 0.05) is 42.5 Å². The van der Waals surface area contributed by atoms with E-state index in [0.717, 1.165) is 48.6 Å². The molecule has 5 rings (SSSR count). The average Bonchev–Trinajstić information content (AvgIpc) is 3.54. The van der Waals surface area contributed by atoms with Gasteiger partial charge in [-0.3, -0.25) is 9.89 Å². The van der Waals surface area contributed by atoms with Gasteiger partial charge in [0.1, 0.15) is 0 Å². The molecule has 2 aromatic carbocycles. The van der Waals surface area contributed by atoms with Gasteiger partial charge in [-0.05, 0) is 88.0 Å². The van der Waals surface area contributed by atoms with Crippen molar-refractivity contribution in [3.63, 3.8) is 0 Å². The number of hydrogen-bond acceptors (Lipinski definition) is 4. The number of nitrogens with zero attached hydrogens (tertiary/aromatic N) is 3. The molecule has 0 spiro atoms. The van der Waals surface area contributed by atoms with Crippen molar-refractivity contribution >= 4 is 11.6 Å². The predicted octanol–water partition coefficient (Wildman–Crippen LogP) is 4.95. The quantitative estimate of drug-likeness (QED) is 0.527. The van der Waals surface area contributed by atoms with Crippen molar-refractivity contribution in [3.8, 4) is 22.5 Å². The Balaban J connectivity index is 1.18. The van der Waals surface area contributed by atoms with E-state index in [1.54, 1.807) is 0 Å². The number of carbonyl (C=O) groups is 1. The van der Waals surface area contributed by atoms with Crippen LogP contribution >= 0.6 is 0 Å². The Morgan fingerprint density at radius 1 is 0.971 bits per heavy atom. The lowest BCUT2D eigenvalue weighted by Gasteiger charge is -2.28. The molecule has 178 valence electrons. The summed E-state index contributed by atoms with van der Waals surface area (Å²) in [5.74, 6) is -0.00806. The minimum atomic E-state index is -0.00806. The zero-order chi connectivity index (χ0) is 23.3. The third-order valence-electron chi connectivity index (χ3n) is 7.35. The van der Waals surface area contributed by atoms with E-state index in [1.165, 1.54) is 44.3 Å². The van der Waals surface area contributed by atoms with E-state index in [0.29, 0.717) is 11.6 Å². The molecular formula is C28H35N5O. The summed E-state index contributed by atoms with van der Waals surface area (Å²) in [5.41, 5.74) is 5.99. The Labute approximate surface area is 202 Å². The molecule has 0 bridgehead atoms. The van der Waals surface area contributed by atoms with E-state index in [1.807, 2.05) is 24.3 Å². The van der Waals surface area contributed by atoms with E-state index >= 15 is 0 Å². The smallest absolute Gasteiger partial charge is 0.251 e. The number of amides is 1. The molecule has 1 amide bonds. The van der Waals surface area contributed by atoms with Crippen LogP contribution in [-0.2, 0) is 0 Å². The van der Waals surface area contributed by atoms with Crippen molar-refractivity contribution in [1.82, 2.24) is 20.4 Å². The molecule has 0 saturated carbocycles. The number of aromatic nitrogens is 2. The van der Waals surface area contributed by atoms with E-state index in [9.17, 15) is 4.79 Å². The van der Waals surface area contributed by atoms with Crippen molar-refractivity contribution in [2.45, 2.75) is 44.6 Å². The van der Waals surface area contributed by atoms with Gasteiger partial charge in [-0.15, -0.1) is 0 Å². The van der Waals surface area contributed by atoms with Crippen LogP contribution in [0, 0.1) is 0 Å². The lowest BCUT2D eigenvalue weighted by atomic mass is 10.1. The first-order valence-corrected chi connectivity index (χ1v) is 12.7. The van der Waals surface area contributed by atoms with Crippen molar-refractivity contribution in [1.29, 1.82) is 0 Å². The SMILES string of the molecule is CN1CCC[C@H]1CCNC(=O)c1ccc(-c2cc(-c3ccc(N4CCCCC4)cc3)n[nH]2)cc1. The normalized spacial score (nSPS) is 18.9. The number of carbonyl (C=O) groups excluding carboxylic acids is 1. The molecule has 0 aliphatic carbocycles. The van der Waals surface area contributed by atoms with Crippen LogP contribution in [0.2, 0.25) is 0 Å². The van der Waals surface area contributed by atoms with Crippen molar-refractivity contribution < 1.29 is 4.79 Å². The number of rotatable bonds is 7. The molecule has 6 heteroatoms. The Kier molecular flexibility index (Phi) is 6.95. The summed E-state index contributed by atoms with van der Waals surface area (Å²) in [6.07, 6.45) is 7.41.